The summed E-state index contributed by atoms with van der Waals surface area (Å²) < 4.78 is 1.01. The maximum absolute atomic E-state index is 9.85. The minimum atomic E-state index is 0.0764. The second-order valence-electron chi connectivity index (χ2n) is 8.55. The number of hydrogen-bond acceptors (Lipinski definition) is 5. The van der Waals surface area contributed by atoms with E-state index in [0.717, 1.165) is 69.7 Å². The number of hydrogen-bond donors (Lipinski definition) is 2. The number of fused-ring (bicyclic) bond motifs is 2. The van der Waals surface area contributed by atoms with Crippen LogP contribution in [0, 0.1) is 5.92 Å². The van der Waals surface area contributed by atoms with Crippen LogP contribution in [0.1, 0.15) is 37.8 Å². The fourth-order valence-corrected chi connectivity index (χ4v) is 4.96. The zero-order valence-corrected chi connectivity index (χ0v) is 20.9. The van der Waals surface area contributed by atoms with Crippen molar-refractivity contribution in [3.05, 3.63) is 70.8 Å². The molecule has 0 saturated carbocycles. The van der Waals surface area contributed by atoms with E-state index < -0.39 is 0 Å². The van der Waals surface area contributed by atoms with Crippen molar-refractivity contribution in [1.82, 2.24) is 10.3 Å². The molecule has 2 heterocycles. The Kier molecular flexibility index (Phi) is 7.46. The van der Waals surface area contributed by atoms with E-state index >= 15 is 0 Å². The number of allylic oxidation sites excluding steroid dienone is 1. The molecule has 1 aliphatic heterocycles. The molecule has 0 aliphatic carbocycles. The standard InChI is InChI=1S/C27H31BrN4O/c1-4-7-18(2)21-11-12-24(22-9-6-13-29-26(21)22)32(14-15-33)17-19(3)27-30-16-20-8-5-10-23(28)25(20)31-27/h5-6,8-13,19,33H,2,4,7,14-17H2,1,3H3,(H,30,31). The van der Waals surface area contributed by atoms with Crippen molar-refractivity contribution in [1.29, 1.82) is 0 Å². The fourth-order valence-electron chi connectivity index (χ4n) is 4.46. The van der Waals surface area contributed by atoms with Gasteiger partial charge in [0.25, 0.3) is 0 Å². The molecule has 0 spiro atoms. The van der Waals surface area contributed by atoms with Crippen LogP contribution in [0.25, 0.3) is 16.5 Å². The normalized spacial score (nSPS) is 13.8. The van der Waals surface area contributed by atoms with Crippen molar-refractivity contribution in [3.8, 4) is 0 Å². The molecule has 6 heteroatoms. The molecule has 0 bridgehead atoms. The van der Waals surface area contributed by atoms with Crippen molar-refractivity contribution in [3.63, 3.8) is 0 Å². The summed E-state index contributed by atoms with van der Waals surface area (Å²) in [5, 5.41) is 14.4. The van der Waals surface area contributed by atoms with Crippen molar-refractivity contribution in [2.45, 2.75) is 33.2 Å². The number of aliphatic imine (C=N–C) groups is 1. The first-order valence-corrected chi connectivity index (χ1v) is 12.3. The zero-order chi connectivity index (χ0) is 23.4. The van der Waals surface area contributed by atoms with Gasteiger partial charge in [0.2, 0.25) is 0 Å². The van der Waals surface area contributed by atoms with Gasteiger partial charge in [0.15, 0.2) is 0 Å². The lowest BCUT2D eigenvalue weighted by Gasteiger charge is -2.31. The number of benzene rings is 2. The van der Waals surface area contributed by atoms with E-state index in [1.54, 1.807) is 0 Å². The molecule has 5 nitrogen and oxygen atoms in total. The monoisotopic (exact) mass is 506 g/mol. The predicted molar refractivity (Wildman–Crippen MR) is 142 cm³/mol. The SMILES string of the molecule is C=C(CCC)c1ccc(N(CCO)CC(C)C2=Nc3c(Br)cccc3CN2)c2cccnc12. The summed E-state index contributed by atoms with van der Waals surface area (Å²) in [6, 6.07) is 14.5. The third kappa shape index (κ3) is 4.97. The molecule has 0 fully saturated rings. The fraction of sp³-hybridized carbons (Fsp3) is 0.333. The first-order chi connectivity index (χ1) is 16.0. The number of nitrogens with zero attached hydrogens (tertiary/aromatic N) is 3. The van der Waals surface area contributed by atoms with Gasteiger partial charge in [0, 0.05) is 52.9 Å². The molecule has 1 aromatic heterocycles. The van der Waals surface area contributed by atoms with Gasteiger partial charge in [0.05, 0.1) is 17.8 Å². The number of pyridine rings is 1. The zero-order valence-electron chi connectivity index (χ0n) is 19.3. The summed E-state index contributed by atoms with van der Waals surface area (Å²) in [4.78, 5) is 11.9. The molecule has 3 aromatic rings. The van der Waals surface area contributed by atoms with E-state index in [1.807, 2.05) is 24.4 Å². The third-order valence-corrected chi connectivity index (χ3v) is 6.75. The van der Waals surface area contributed by atoms with Crippen LogP contribution >= 0.6 is 15.9 Å². The van der Waals surface area contributed by atoms with E-state index in [0.29, 0.717) is 6.54 Å². The number of halogens is 1. The number of nitrogens with one attached hydrogen (secondary N) is 1. The van der Waals surface area contributed by atoms with Crippen LogP contribution in [-0.2, 0) is 6.54 Å². The highest BCUT2D eigenvalue weighted by molar-refractivity contribution is 9.10. The smallest absolute Gasteiger partial charge is 0.107 e. The van der Waals surface area contributed by atoms with E-state index in [-0.39, 0.29) is 12.5 Å². The first-order valence-electron chi connectivity index (χ1n) is 11.5. The average molecular weight is 507 g/mol. The number of aliphatic hydroxyl groups is 1. The average Bonchev–Trinajstić information content (AvgIpc) is 2.83. The van der Waals surface area contributed by atoms with Crippen LogP contribution in [0.2, 0.25) is 0 Å². The minimum absolute atomic E-state index is 0.0764. The molecule has 0 radical (unpaired) electrons. The summed E-state index contributed by atoms with van der Waals surface area (Å²) in [5.74, 6) is 1.12. The van der Waals surface area contributed by atoms with Gasteiger partial charge in [-0.25, -0.2) is 4.99 Å². The van der Waals surface area contributed by atoms with Crippen LogP contribution in [0.15, 0.2) is 64.7 Å². The Morgan fingerprint density at radius 1 is 1.24 bits per heavy atom. The van der Waals surface area contributed by atoms with Crippen LogP contribution in [-0.4, -0.2) is 35.6 Å². The van der Waals surface area contributed by atoms with Gasteiger partial charge >= 0.3 is 0 Å². The first kappa shape index (κ1) is 23.5. The molecule has 2 N–H and O–H groups in total. The highest BCUT2D eigenvalue weighted by Gasteiger charge is 2.22. The largest absolute Gasteiger partial charge is 0.395 e. The second kappa shape index (κ2) is 10.5. The van der Waals surface area contributed by atoms with E-state index in [1.165, 1.54) is 5.56 Å². The molecule has 1 aliphatic rings. The van der Waals surface area contributed by atoms with E-state index in [4.69, 9.17) is 9.98 Å². The number of aromatic nitrogens is 1. The highest BCUT2D eigenvalue weighted by Crippen LogP contribution is 2.34. The Hall–Kier alpha value is -2.70. The van der Waals surface area contributed by atoms with Crippen molar-refractivity contribution < 1.29 is 5.11 Å². The van der Waals surface area contributed by atoms with Gasteiger partial charge < -0.3 is 15.3 Å². The van der Waals surface area contributed by atoms with Crippen molar-refractivity contribution in [2.75, 3.05) is 24.6 Å². The highest BCUT2D eigenvalue weighted by atomic mass is 79.9. The number of rotatable bonds is 9. The minimum Gasteiger partial charge on any atom is -0.395 e. The molecule has 4 rings (SSSR count). The lowest BCUT2D eigenvalue weighted by atomic mass is 9.98. The van der Waals surface area contributed by atoms with Gasteiger partial charge in [-0.1, -0.05) is 45.0 Å². The Labute approximate surface area is 204 Å². The molecule has 0 saturated heterocycles. The van der Waals surface area contributed by atoms with Gasteiger partial charge in [-0.05, 0) is 57.8 Å². The second-order valence-corrected chi connectivity index (χ2v) is 9.41. The molecule has 172 valence electrons. The summed E-state index contributed by atoms with van der Waals surface area (Å²) in [7, 11) is 0. The quantitative estimate of drug-likeness (QED) is 0.369. The van der Waals surface area contributed by atoms with Crippen molar-refractivity contribution >= 4 is 49.6 Å². The maximum Gasteiger partial charge on any atom is 0.107 e. The number of aliphatic hydroxyl groups excluding tert-OH is 1. The lowest BCUT2D eigenvalue weighted by Crippen LogP contribution is -2.40. The maximum atomic E-state index is 9.85. The Bertz CT molecular complexity index is 1190. The Balaban J connectivity index is 1.66. The number of anilines is 1. The Morgan fingerprint density at radius 3 is 2.88 bits per heavy atom. The van der Waals surface area contributed by atoms with Crippen LogP contribution in [0.3, 0.4) is 0 Å². The number of para-hydroxylation sites is 1. The summed E-state index contributed by atoms with van der Waals surface area (Å²) in [6.45, 7) is 10.7. The molecule has 2 aromatic carbocycles. The Morgan fingerprint density at radius 2 is 2.09 bits per heavy atom. The molecule has 1 unspecified atom stereocenters. The van der Waals surface area contributed by atoms with Crippen LogP contribution in [0.4, 0.5) is 11.4 Å². The van der Waals surface area contributed by atoms with E-state index in [2.05, 4.69) is 70.8 Å². The van der Waals surface area contributed by atoms with E-state index in [9.17, 15) is 5.11 Å². The molecular weight excluding hydrogens is 476 g/mol. The van der Waals surface area contributed by atoms with Gasteiger partial charge in [0.1, 0.15) is 5.84 Å². The molecule has 1 atom stereocenters. The predicted octanol–water partition coefficient (Wildman–Crippen LogP) is 6.08. The lowest BCUT2D eigenvalue weighted by molar-refractivity contribution is 0.301. The summed E-state index contributed by atoms with van der Waals surface area (Å²) in [5.41, 5.74) is 6.45. The van der Waals surface area contributed by atoms with Crippen LogP contribution in [0.5, 0.6) is 0 Å². The van der Waals surface area contributed by atoms with Crippen LogP contribution < -0.4 is 10.2 Å². The van der Waals surface area contributed by atoms with Gasteiger partial charge in [-0.15, -0.1) is 0 Å². The molecule has 33 heavy (non-hydrogen) atoms. The van der Waals surface area contributed by atoms with Crippen molar-refractivity contribution in [2.24, 2.45) is 10.9 Å². The van der Waals surface area contributed by atoms with Gasteiger partial charge in [-0.3, -0.25) is 4.98 Å². The van der Waals surface area contributed by atoms with Gasteiger partial charge in [-0.2, -0.15) is 0 Å². The third-order valence-electron chi connectivity index (χ3n) is 6.11. The topological polar surface area (TPSA) is 60.8 Å². The molecule has 0 amide bonds. The summed E-state index contributed by atoms with van der Waals surface area (Å²) in [6.07, 6.45) is 3.84. The summed E-state index contributed by atoms with van der Waals surface area (Å²) >= 11 is 3.64. The molecular formula is C27H31BrN4O. The number of amidine groups is 1.